The predicted octanol–water partition coefficient (Wildman–Crippen LogP) is 4.00. The molecule has 166 valence electrons. The van der Waals surface area contributed by atoms with Crippen molar-refractivity contribution in [2.24, 2.45) is 0 Å². The maximum absolute atomic E-state index is 12.3. The fourth-order valence-corrected chi connectivity index (χ4v) is 2.86. The average molecular weight is 445 g/mol. The topological polar surface area (TPSA) is 98.1 Å². The third-order valence-electron chi connectivity index (χ3n) is 4.57. The van der Waals surface area contributed by atoms with Gasteiger partial charge in [0.05, 0.1) is 5.69 Å². The zero-order chi connectivity index (χ0) is 22.9. The van der Waals surface area contributed by atoms with E-state index < -0.39 is 6.36 Å². The van der Waals surface area contributed by atoms with Crippen LogP contribution >= 0.6 is 0 Å². The van der Waals surface area contributed by atoms with Gasteiger partial charge in [-0.25, -0.2) is 0 Å². The molecule has 32 heavy (non-hydrogen) atoms. The largest absolute Gasteiger partial charge is 0.573 e. The number of alkyl halides is 3. The highest BCUT2D eigenvalue weighted by molar-refractivity contribution is 5.97. The molecule has 0 saturated heterocycles. The predicted molar refractivity (Wildman–Crippen MR) is 108 cm³/mol. The first-order valence-corrected chi connectivity index (χ1v) is 9.70. The van der Waals surface area contributed by atoms with Crippen LogP contribution in [0.1, 0.15) is 40.6 Å². The van der Waals surface area contributed by atoms with Crippen molar-refractivity contribution in [1.82, 2.24) is 20.3 Å². The van der Waals surface area contributed by atoms with Crippen LogP contribution in [0.4, 0.5) is 24.7 Å². The van der Waals surface area contributed by atoms with Crippen LogP contribution in [0.15, 0.2) is 48.5 Å². The number of hydrogen-bond acceptors (Lipinski definition) is 6. The number of Topliss-reactive ketones (excluding diaryl/α,β-unsaturated/α-hetero) is 1. The number of benzene rings is 2. The van der Waals surface area contributed by atoms with E-state index in [-0.39, 0.29) is 35.0 Å². The Morgan fingerprint density at radius 3 is 2.25 bits per heavy atom. The molecule has 0 bridgehead atoms. The van der Waals surface area contributed by atoms with Crippen LogP contribution in [0.25, 0.3) is 5.69 Å². The van der Waals surface area contributed by atoms with Gasteiger partial charge < -0.3 is 15.4 Å². The molecule has 11 heteroatoms. The summed E-state index contributed by atoms with van der Waals surface area (Å²) in [5.74, 6) is -0.712. The van der Waals surface area contributed by atoms with E-state index in [9.17, 15) is 22.8 Å². The number of hydrogen-bond donors (Lipinski definition) is 2. The molecule has 1 saturated carbocycles. The molecule has 0 radical (unpaired) electrons. The summed E-state index contributed by atoms with van der Waals surface area (Å²) < 4.78 is 40.8. The highest BCUT2D eigenvalue weighted by Gasteiger charge is 2.31. The summed E-state index contributed by atoms with van der Waals surface area (Å²) in [6.07, 6.45) is -2.81. The molecule has 0 spiro atoms. The van der Waals surface area contributed by atoms with E-state index in [4.69, 9.17) is 0 Å². The summed E-state index contributed by atoms with van der Waals surface area (Å²) in [6, 6.07) is 11.8. The van der Waals surface area contributed by atoms with Gasteiger partial charge in [-0.2, -0.15) is 0 Å². The second-order valence-electron chi connectivity index (χ2n) is 7.23. The SMILES string of the molecule is CC(=O)c1nn(-c2ccc(OC(F)(F)F)cc2)nc1Nc1ccc(C(=O)NC2CC2)cc1. The Hall–Kier alpha value is -3.89. The number of amides is 1. The van der Waals surface area contributed by atoms with E-state index in [1.807, 2.05) is 0 Å². The van der Waals surface area contributed by atoms with Gasteiger partial charge in [-0.15, -0.1) is 28.2 Å². The van der Waals surface area contributed by atoms with Gasteiger partial charge >= 0.3 is 6.36 Å². The smallest absolute Gasteiger partial charge is 0.406 e. The first-order valence-electron chi connectivity index (χ1n) is 9.70. The highest BCUT2D eigenvalue weighted by atomic mass is 19.4. The maximum atomic E-state index is 12.3. The Labute approximate surface area is 180 Å². The first-order chi connectivity index (χ1) is 15.2. The lowest BCUT2D eigenvalue weighted by Gasteiger charge is -2.08. The van der Waals surface area contributed by atoms with Gasteiger partial charge in [0.25, 0.3) is 5.91 Å². The summed E-state index contributed by atoms with van der Waals surface area (Å²) in [6.45, 7) is 1.32. The van der Waals surface area contributed by atoms with Crippen LogP contribution in [0.3, 0.4) is 0 Å². The van der Waals surface area contributed by atoms with Crippen molar-refractivity contribution in [2.75, 3.05) is 5.32 Å². The molecule has 4 rings (SSSR count). The van der Waals surface area contributed by atoms with E-state index in [1.165, 1.54) is 19.1 Å². The molecule has 0 unspecified atom stereocenters. The van der Waals surface area contributed by atoms with Crippen LogP contribution in [-0.4, -0.2) is 39.1 Å². The third kappa shape index (κ3) is 5.23. The fourth-order valence-electron chi connectivity index (χ4n) is 2.86. The molecule has 2 aromatic carbocycles. The number of rotatable bonds is 7. The van der Waals surface area contributed by atoms with Gasteiger partial charge in [0.15, 0.2) is 17.3 Å². The Morgan fingerprint density at radius 1 is 1.03 bits per heavy atom. The molecule has 3 aromatic rings. The lowest BCUT2D eigenvalue weighted by atomic mass is 10.2. The minimum atomic E-state index is -4.79. The molecule has 2 N–H and O–H groups in total. The Morgan fingerprint density at radius 2 is 1.69 bits per heavy atom. The normalized spacial score (nSPS) is 13.5. The second-order valence-corrected chi connectivity index (χ2v) is 7.23. The molecule has 8 nitrogen and oxygen atoms in total. The fraction of sp³-hybridized carbons (Fsp3) is 0.238. The minimum Gasteiger partial charge on any atom is -0.406 e. The molecule has 1 aliphatic rings. The molecule has 1 amide bonds. The quantitative estimate of drug-likeness (QED) is 0.534. The second kappa shape index (κ2) is 8.33. The Kier molecular flexibility index (Phi) is 5.56. The number of aromatic nitrogens is 3. The van der Waals surface area contributed by atoms with Crippen molar-refractivity contribution < 1.29 is 27.5 Å². The number of nitrogens with one attached hydrogen (secondary N) is 2. The van der Waals surface area contributed by atoms with Gasteiger partial charge in [-0.3, -0.25) is 9.59 Å². The van der Waals surface area contributed by atoms with Crippen LogP contribution < -0.4 is 15.4 Å². The summed E-state index contributed by atoms with van der Waals surface area (Å²) in [5, 5.41) is 14.3. The van der Waals surface area contributed by atoms with Crippen LogP contribution in [0.2, 0.25) is 0 Å². The third-order valence-corrected chi connectivity index (χ3v) is 4.57. The van der Waals surface area contributed by atoms with Gasteiger partial charge in [0.2, 0.25) is 0 Å². The van der Waals surface area contributed by atoms with Crippen molar-refractivity contribution in [3.8, 4) is 11.4 Å². The molecule has 1 heterocycles. The number of ether oxygens (including phenoxy) is 1. The standard InChI is InChI=1S/C21H18F3N5O3/c1-12(30)18-19(25-14-4-2-13(3-5-14)20(31)26-15-6-7-15)28-29(27-18)16-8-10-17(11-9-16)32-21(22,23)24/h2-5,8-11,15H,6-7H2,1H3,(H,25,28)(H,26,31). The zero-order valence-electron chi connectivity index (χ0n) is 16.8. The first kappa shape index (κ1) is 21.3. The molecule has 0 aliphatic heterocycles. The maximum Gasteiger partial charge on any atom is 0.573 e. The summed E-state index contributed by atoms with van der Waals surface area (Å²) in [4.78, 5) is 25.2. The van der Waals surface area contributed by atoms with Gasteiger partial charge in [0.1, 0.15) is 5.75 Å². The molecule has 1 aliphatic carbocycles. The summed E-state index contributed by atoms with van der Waals surface area (Å²) in [7, 11) is 0. The lowest BCUT2D eigenvalue weighted by Crippen LogP contribution is -2.25. The highest BCUT2D eigenvalue weighted by Crippen LogP contribution is 2.25. The summed E-state index contributed by atoms with van der Waals surface area (Å²) >= 11 is 0. The van der Waals surface area contributed by atoms with Gasteiger partial charge in [0, 0.05) is 24.2 Å². The van der Waals surface area contributed by atoms with Crippen molar-refractivity contribution in [2.45, 2.75) is 32.2 Å². The van der Waals surface area contributed by atoms with Crippen molar-refractivity contribution in [3.05, 3.63) is 59.8 Å². The van der Waals surface area contributed by atoms with Crippen LogP contribution in [0, 0.1) is 0 Å². The van der Waals surface area contributed by atoms with Crippen LogP contribution in [0.5, 0.6) is 5.75 Å². The van der Waals surface area contributed by atoms with E-state index in [0.717, 1.165) is 29.8 Å². The number of carbonyl (C=O) groups is 2. The van der Waals surface area contributed by atoms with E-state index in [1.54, 1.807) is 24.3 Å². The van der Waals surface area contributed by atoms with Crippen molar-refractivity contribution in [3.63, 3.8) is 0 Å². The Balaban J connectivity index is 1.52. The van der Waals surface area contributed by atoms with Crippen molar-refractivity contribution in [1.29, 1.82) is 0 Å². The number of anilines is 2. The van der Waals surface area contributed by atoms with Gasteiger partial charge in [-0.05, 0) is 61.4 Å². The zero-order valence-corrected chi connectivity index (χ0v) is 16.8. The van der Waals surface area contributed by atoms with E-state index >= 15 is 0 Å². The molecular weight excluding hydrogens is 427 g/mol. The average Bonchev–Trinajstić information content (AvgIpc) is 3.44. The Bertz CT molecular complexity index is 1140. The van der Waals surface area contributed by atoms with Crippen molar-refractivity contribution >= 4 is 23.2 Å². The molecule has 1 aromatic heterocycles. The monoisotopic (exact) mass is 445 g/mol. The number of ketones is 1. The number of nitrogens with zero attached hydrogens (tertiary/aromatic N) is 3. The van der Waals surface area contributed by atoms with Crippen LogP contribution in [-0.2, 0) is 0 Å². The van der Waals surface area contributed by atoms with E-state index in [0.29, 0.717) is 16.9 Å². The van der Waals surface area contributed by atoms with Gasteiger partial charge in [-0.1, -0.05) is 0 Å². The minimum absolute atomic E-state index is 0.0520. The number of halogens is 3. The number of carbonyl (C=O) groups excluding carboxylic acids is 2. The molecule has 1 fully saturated rings. The summed E-state index contributed by atoms with van der Waals surface area (Å²) in [5.41, 5.74) is 1.48. The molecule has 0 atom stereocenters. The molecular formula is C21H18F3N5O3. The van der Waals surface area contributed by atoms with E-state index in [2.05, 4.69) is 25.6 Å². The lowest BCUT2D eigenvalue weighted by molar-refractivity contribution is -0.274.